The first-order valence-electron chi connectivity index (χ1n) is 9.49. The lowest BCUT2D eigenvalue weighted by Gasteiger charge is -2.20. The summed E-state index contributed by atoms with van der Waals surface area (Å²) >= 11 is 0. The van der Waals surface area contributed by atoms with Gasteiger partial charge in [-0.2, -0.15) is 0 Å². The van der Waals surface area contributed by atoms with Crippen LogP contribution in [-0.2, 0) is 4.79 Å². The molecule has 0 aromatic heterocycles. The molecule has 5 nitrogen and oxygen atoms in total. The Balaban J connectivity index is 1.68. The van der Waals surface area contributed by atoms with Crippen molar-refractivity contribution in [2.75, 3.05) is 26.2 Å². The zero-order valence-electron chi connectivity index (χ0n) is 15.3. The largest absolute Gasteiger partial charge is 0.494 e. The van der Waals surface area contributed by atoms with Crippen molar-refractivity contribution in [1.82, 2.24) is 10.2 Å². The second kappa shape index (κ2) is 10.7. The molecule has 1 fully saturated rings. The van der Waals surface area contributed by atoms with E-state index in [1.165, 1.54) is 0 Å². The van der Waals surface area contributed by atoms with E-state index < -0.39 is 0 Å². The van der Waals surface area contributed by atoms with Crippen LogP contribution in [0.5, 0.6) is 5.75 Å². The number of hydrogen-bond donors (Lipinski definition) is 1. The molecular formula is C20H30N2O3. The third-order valence-corrected chi connectivity index (χ3v) is 4.44. The Morgan fingerprint density at radius 2 is 1.96 bits per heavy atom. The topological polar surface area (TPSA) is 58.6 Å². The number of carbonyl (C=O) groups is 2. The van der Waals surface area contributed by atoms with Crippen LogP contribution in [0.4, 0.5) is 0 Å². The molecule has 1 saturated heterocycles. The van der Waals surface area contributed by atoms with Gasteiger partial charge in [-0.3, -0.25) is 9.59 Å². The molecule has 1 heterocycles. The number of amides is 2. The van der Waals surface area contributed by atoms with Gasteiger partial charge < -0.3 is 15.0 Å². The molecule has 1 aromatic rings. The molecular weight excluding hydrogens is 316 g/mol. The average molecular weight is 346 g/mol. The molecule has 1 aliphatic rings. The standard InChI is InChI=1S/C20H30N2O3/c1-2-3-16-25-18-11-9-17(10-12-18)20(24)21-13-7-15-22-14-6-4-5-8-19(22)23/h9-12H,2-8,13-16H2,1H3,(H,21,24). The van der Waals surface area contributed by atoms with Crippen LogP contribution in [0.3, 0.4) is 0 Å². The number of ether oxygens (including phenoxy) is 1. The Hall–Kier alpha value is -2.04. The van der Waals surface area contributed by atoms with E-state index in [1.807, 2.05) is 17.0 Å². The summed E-state index contributed by atoms with van der Waals surface area (Å²) in [6.07, 6.45) is 6.81. The van der Waals surface area contributed by atoms with Crippen LogP contribution in [0.1, 0.15) is 62.2 Å². The Morgan fingerprint density at radius 3 is 2.72 bits per heavy atom. The summed E-state index contributed by atoms with van der Waals surface area (Å²) in [5, 5.41) is 2.92. The van der Waals surface area contributed by atoms with E-state index in [9.17, 15) is 9.59 Å². The molecule has 138 valence electrons. The molecule has 25 heavy (non-hydrogen) atoms. The van der Waals surface area contributed by atoms with Gasteiger partial charge in [0.1, 0.15) is 5.75 Å². The quantitative estimate of drug-likeness (QED) is 0.697. The van der Waals surface area contributed by atoms with Crippen LogP contribution in [-0.4, -0.2) is 43.0 Å². The maximum absolute atomic E-state index is 12.2. The smallest absolute Gasteiger partial charge is 0.251 e. The van der Waals surface area contributed by atoms with E-state index in [-0.39, 0.29) is 11.8 Å². The highest BCUT2D eigenvalue weighted by Crippen LogP contribution is 2.13. The molecule has 0 atom stereocenters. The predicted octanol–water partition coefficient (Wildman–Crippen LogP) is 3.39. The number of hydrogen-bond acceptors (Lipinski definition) is 3. The van der Waals surface area contributed by atoms with Gasteiger partial charge in [-0.1, -0.05) is 19.8 Å². The number of unbranched alkanes of at least 4 members (excludes halogenated alkanes) is 1. The Bertz CT molecular complexity index is 542. The molecule has 0 radical (unpaired) electrons. The van der Waals surface area contributed by atoms with Crippen LogP contribution in [0.2, 0.25) is 0 Å². The molecule has 0 aliphatic carbocycles. The maximum atomic E-state index is 12.2. The van der Waals surface area contributed by atoms with Gasteiger partial charge in [-0.05, 0) is 49.9 Å². The van der Waals surface area contributed by atoms with Gasteiger partial charge >= 0.3 is 0 Å². The minimum Gasteiger partial charge on any atom is -0.494 e. The zero-order valence-corrected chi connectivity index (χ0v) is 15.3. The summed E-state index contributed by atoms with van der Waals surface area (Å²) in [6.45, 7) is 4.99. The summed E-state index contributed by atoms with van der Waals surface area (Å²) in [4.78, 5) is 26.0. The fourth-order valence-corrected chi connectivity index (χ4v) is 2.89. The van der Waals surface area contributed by atoms with E-state index in [1.54, 1.807) is 12.1 Å². The maximum Gasteiger partial charge on any atom is 0.251 e. The van der Waals surface area contributed by atoms with Gasteiger partial charge in [0.2, 0.25) is 5.91 Å². The van der Waals surface area contributed by atoms with Crippen molar-refractivity contribution in [2.24, 2.45) is 0 Å². The number of nitrogens with zero attached hydrogens (tertiary/aromatic N) is 1. The van der Waals surface area contributed by atoms with E-state index in [0.717, 1.165) is 57.4 Å². The molecule has 5 heteroatoms. The second-order valence-corrected chi connectivity index (χ2v) is 6.53. The lowest BCUT2D eigenvalue weighted by Crippen LogP contribution is -2.34. The second-order valence-electron chi connectivity index (χ2n) is 6.53. The Kier molecular flexibility index (Phi) is 8.29. The highest BCUT2D eigenvalue weighted by Gasteiger charge is 2.15. The first-order chi connectivity index (χ1) is 12.2. The monoisotopic (exact) mass is 346 g/mol. The molecule has 1 N–H and O–H groups in total. The van der Waals surface area contributed by atoms with E-state index >= 15 is 0 Å². The van der Waals surface area contributed by atoms with E-state index in [0.29, 0.717) is 25.1 Å². The summed E-state index contributed by atoms with van der Waals surface area (Å²) < 4.78 is 5.60. The summed E-state index contributed by atoms with van der Waals surface area (Å²) in [5.41, 5.74) is 0.633. The normalized spacial score (nSPS) is 14.9. The van der Waals surface area contributed by atoms with Crippen LogP contribution in [0.15, 0.2) is 24.3 Å². The van der Waals surface area contributed by atoms with E-state index in [2.05, 4.69) is 12.2 Å². The number of benzene rings is 1. The van der Waals surface area contributed by atoms with Crippen molar-refractivity contribution in [3.63, 3.8) is 0 Å². The predicted molar refractivity (Wildman–Crippen MR) is 98.8 cm³/mol. The van der Waals surface area contributed by atoms with Crippen molar-refractivity contribution in [3.05, 3.63) is 29.8 Å². The number of likely N-dealkylation sites (tertiary alicyclic amines) is 1. The van der Waals surface area contributed by atoms with Gasteiger partial charge in [-0.15, -0.1) is 0 Å². The van der Waals surface area contributed by atoms with Crippen molar-refractivity contribution >= 4 is 11.8 Å². The van der Waals surface area contributed by atoms with Crippen LogP contribution < -0.4 is 10.1 Å². The van der Waals surface area contributed by atoms with Gasteiger partial charge in [0.15, 0.2) is 0 Å². The molecule has 0 spiro atoms. The summed E-state index contributed by atoms with van der Waals surface area (Å²) in [5.74, 6) is 0.967. The number of rotatable bonds is 9. The Morgan fingerprint density at radius 1 is 1.16 bits per heavy atom. The average Bonchev–Trinajstić information content (AvgIpc) is 2.83. The lowest BCUT2D eigenvalue weighted by molar-refractivity contribution is -0.130. The minimum atomic E-state index is -0.0812. The van der Waals surface area contributed by atoms with Crippen LogP contribution in [0.25, 0.3) is 0 Å². The van der Waals surface area contributed by atoms with Gasteiger partial charge in [0.05, 0.1) is 6.61 Å². The first kappa shape index (κ1) is 19.3. The van der Waals surface area contributed by atoms with Crippen molar-refractivity contribution < 1.29 is 14.3 Å². The van der Waals surface area contributed by atoms with Crippen molar-refractivity contribution in [3.8, 4) is 5.75 Å². The highest BCUT2D eigenvalue weighted by molar-refractivity contribution is 5.94. The molecule has 1 aliphatic heterocycles. The lowest BCUT2D eigenvalue weighted by atomic mass is 10.2. The summed E-state index contributed by atoms with van der Waals surface area (Å²) in [7, 11) is 0. The molecule has 1 aromatic carbocycles. The van der Waals surface area contributed by atoms with Gasteiger partial charge in [0.25, 0.3) is 5.91 Å². The van der Waals surface area contributed by atoms with Crippen LogP contribution >= 0.6 is 0 Å². The van der Waals surface area contributed by atoms with Crippen LogP contribution in [0, 0.1) is 0 Å². The fraction of sp³-hybridized carbons (Fsp3) is 0.600. The fourth-order valence-electron chi connectivity index (χ4n) is 2.89. The SMILES string of the molecule is CCCCOc1ccc(C(=O)NCCCN2CCCCCC2=O)cc1. The van der Waals surface area contributed by atoms with Gasteiger partial charge in [0, 0.05) is 31.6 Å². The summed E-state index contributed by atoms with van der Waals surface area (Å²) in [6, 6.07) is 7.24. The number of carbonyl (C=O) groups excluding carboxylic acids is 2. The first-order valence-corrected chi connectivity index (χ1v) is 9.49. The minimum absolute atomic E-state index is 0.0812. The van der Waals surface area contributed by atoms with Crippen molar-refractivity contribution in [1.29, 1.82) is 0 Å². The zero-order chi connectivity index (χ0) is 17.9. The van der Waals surface area contributed by atoms with Gasteiger partial charge in [-0.25, -0.2) is 0 Å². The molecule has 2 rings (SSSR count). The van der Waals surface area contributed by atoms with Crippen molar-refractivity contribution in [2.45, 2.75) is 51.9 Å². The third kappa shape index (κ3) is 6.77. The molecule has 0 unspecified atom stereocenters. The third-order valence-electron chi connectivity index (χ3n) is 4.44. The number of nitrogens with one attached hydrogen (secondary N) is 1. The molecule has 2 amide bonds. The Labute approximate surface area is 150 Å². The molecule has 0 saturated carbocycles. The molecule has 0 bridgehead atoms. The van der Waals surface area contributed by atoms with E-state index in [4.69, 9.17) is 4.74 Å². The highest BCUT2D eigenvalue weighted by atomic mass is 16.5.